The van der Waals surface area contributed by atoms with Crippen LogP contribution in [0.4, 0.5) is 15.9 Å². The standard InChI is InChI=1S/C32H31NO2Se2Si/c1-3-5-17-38(18-6-4-2)28-13-9-7-11-26(28)33(27-12-8-10-14-29(27)38)30-16-15-22(37-30)19-23-31(34)24-20-36-21-25(24)32(23)35/h7-16,19-21H,3-6,17-18H2,1-2H3. The van der Waals surface area contributed by atoms with E-state index >= 15 is 0 Å². The van der Waals surface area contributed by atoms with Crippen LogP contribution in [0.2, 0.25) is 12.1 Å². The average molecular weight is 648 g/mol. The molecule has 0 atom stereocenters. The van der Waals surface area contributed by atoms with E-state index < -0.39 is 8.07 Å². The molecule has 192 valence electrons. The number of carbonyl (C=O) groups is 2. The van der Waals surface area contributed by atoms with Crippen molar-refractivity contribution >= 4 is 81.0 Å². The van der Waals surface area contributed by atoms with Crippen LogP contribution in [0.3, 0.4) is 0 Å². The fraction of sp³-hybridized carbons (Fsp3) is 0.250. The molecule has 0 amide bonds. The third-order valence-electron chi connectivity index (χ3n) is 8.00. The molecule has 0 saturated carbocycles. The van der Waals surface area contributed by atoms with Gasteiger partial charge in [-0.3, -0.25) is 0 Å². The number of ketones is 2. The summed E-state index contributed by atoms with van der Waals surface area (Å²) in [4.78, 5) is 32.2. The molecule has 1 aliphatic carbocycles. The molecular weight excluding hydrogens is 616 g/mol. The zero-order valence-corrected chi connectivity index (χ0v) is 26.3. The summed E-state index contributed by atoms with van der Waals surface area (Å²) in [6.07, 6.45) is 6.83. The van der Waals surface area contributed by atoms with Crippen LogP contribution >= 0.6 is 0 Å². The van der Waals surface area contributed by atoms with Gasteiger partial charge >= 0.3 is 239 Å². The summed E-state index contributed by atoms with van der Waals surface area (Å²) in [6.45, 7) is 4.62. The van der Waals surface area contributed by atoms with Crippen molar-refractivity contribution in [1.29, 1.82) is 0 Å². The first-order chi connectivity index (χ1) is 18.6. The Morgan fingerprint density at radius 3 is 1.87 bits per heavy atom. The molecule has 2 aliphatic rings. The first-order valence-corrected chi connectivity index (χ1v) is 19.7. The molecule has 0 radical (unpaired) electrons. The number of unbranched alkanes of at least 4 members (excludes halogenated alkanes) is 2. The van der Waals surface area contributed by atoms with Crippen LogP contribution in [-0.2, 0) is 0 Å². The van der Waals surface area contributed by atoms with Gasteiger partial charge in [0, 0.05) is 0 Å². The summed E-state index contributed by atoms with van der Waals surface area (Å²) in [5.41, 5.74) is 4.26. The van der Waals surface area contributed by atoms with Gasteiger partial charge < -0.3 is 0 Å². The normalized spacial score (nSPS) is 15.4. The van der Waals surface area contributed by atoms with E-state index in [0.29, 0.717) is 16.7 Å². The van der Waals surface area contributed by atoms with Crippen molar-refractivity contribution in [3.8, 4) is 0 Å². The van der Waals surface area contributed by atoms with E-state index in [9.17, 15) is 9.59 Å². The van der Waals surface area contributed by atoms with Crippen molar-refractivity contribution in [3.05, 3.63) is 91.7 Å². The zero-order chi connectivity index (χ0) is 26.3. The van der Waals surface area contributed by atoms with Gasteiger partial charge in [-0.05, 0) is 0 Å². The second-order valence-corrected chi connectivity index (χ2v) is 18.3. The van der Waals surface area contributed by atoms with Crippen molar-refractivity contribution in [2.75, 3.05) is 4.90 Å². The number of hydrogen-bond acceptors (Lipinski definition) is 3. The van der Waals surface area contributed by atoms with Crippen LogP contribution in [0.25, 0.3) is 6.08 Å². The fourth-order valence-electron chi connectivity index (χ4n) is 6.14. The fourth-order valence-corrected chi connectivity index (χ4v) is 15.6. The monoisotopic (exact) mass is 649 g/mol. The van der Waals surface area contributed by atoms with Gasteiger partial charge in [-0.15, -0.1) is 0 Å². The number of para-hydroxylation sites is 2. The molecule has 38 heavy (non-hydrogen) atoms. The van der Waals surface area contributed by atoms with E-state index in [1.54, 1.807) is 10.4 Å². The zero-order valence-electron chi connectivity index (χ0n) is 21.8. The van der Waals surface area contributed by atoms with E-state index in [0.717, 1.165) is 4.44 Å². The number of anilines is 3. The number of benzene rings is 2. The molecule has 3 nitrogen and oxygen atoms in total. The number of fused-ring (bicyclic) bond motifs is 3. The molecule has 6 rings (SSSR count). The first kappa shape index (κ1) is 25.8. The summed E-state index contributed by atoms with van der Waals surface area (Å²) in [7, 11) is -1.93. The van der Waals surface area contributed by atoms with Crippen molar-refractivity contribution < 1.29 is 9.59 Å². The predicted molar refractivity (Wildman–Crippen MR) is 163 cm³/mol. The molecule has 3 heterocycles. The Morgan fingerprint density at radius 1 is 0.763 bits per heavy atom. The van der Waals surface area contributed by atoms with Crippen LogP contribution in [0.1, 0.15) is 64.7 Å². The molecule has 0 spiro atoms. The average Bonchev–Trinajstić information content (AvgIpc) is 3.67. The van der Waals surface area contributed by atoms with Gasteiger partial charge in [0.15, 0.2) is 0 Å². The SMILES string of the molecule is CCCC[Si]1(CCCC)c2ccccc2N(c2ccc(C=C3C(=O)c4c[se]cc4C3=O)[se]2)c2ccccc21. The Morgan fingerprint density at radius 2 is 1.32 bits per heavy atom. The first-order valence-electron chi connectivity index (χ1n) is 13.6. The molecule has 2 aromatic carbocycles. The Labute approximate surface area is 237 Å². The van der Waals surface area contributed by atoms with Crippen LogP contribution in [-0.4, -0.2) is 48.6 Å². The van der Waals surface area contributed by atoms with Crippen molar-refractivity contribution in [1.82, 2.24) is 0 Å². The molecule has 0 bridgehead atoms. The molecular formula is C32H31NO2Se2Si. The second kappa shape index (κ2) is 10.6. The molecule has 0 unspecified atom stereocenters. The van der Waals surface area contributed by atoms with Crippen LogP contribution in [0, 0.1) is 0 Å². The van der Waals surface area contributed by atoms with Crippen LogP contribution in [0.5, 0.6) is 0 Å². The topological polar surface area (TPSA) is 37.4 Å². The van der Waals surface area contributed by atoms with E-state index in [2.05, 4.69) is 79.4 Å². The summed E-state index contributed by atoms with van der Waals surface area (Å²) >= 11 is 0.126. The Hall–Kier alpha value is -2.46. The summed E-state index contributed by atoms with van der Waals surface area (Å²) in [6, 6.07) is 25.2. The molecule has 1 aliphatic heterocycles. The number of hydrogen-bond donors (Lipinski definition) is 0. The molecule has 0 saturated heterocycles. The Bertz CT molecular complexity index is 1470. The quantitative estimate of drug-likeness (QED) is 0.130. The van der Waals surface area contributed by atoms with Gasteiger partial charge in [0.1, 0.15) is 0 Å². The number of nitrogens with zero attached hydrogens (tertiary/aromatic N) is 1. The molecule has 6 heteroatoms. The summed E-state index contributed by atoms with van der Waals surface area (Å²) < 4.78 is 2.34. The minimum atomic E-state index is -1.93. The van der Waals surface area contributed by atoms with Crippen LogP contribution < -0.4 is 15.3 Å². The van der Waals surface area contributed by atoms with Crippen molar-refractivity contribution in [2.24, 2.45) is 0 Å². The number of rotatable bonds is 8. The maximum atomic E-state index is 12.9. The van der Waals surface area contributed by atoms with Gasteiger partial charge in [-0.2, -0.15) is 0 Å². The number of allylic oxidation sites excluding steroid dienone is 1. The van der Waals surface area contributed by atoms with Crippen molar-refractivity contribution in [3.63, 3.8) is 0 Å². The van der Waals surface area contributed by atoms with E-state index in [4.69, 9.17) is 0 Å². The predicted octanol–water partition coefficient (Wildman–Crippen LogP) is 6.21. The maximum absolute atomic E-state index is 12.9. The van der Waals surface area contributed by atoms with Crippen molar-refractivity contribution in [2.45, 2.75) is 51.6 Å². The number of carbonyl (C=O) groups excluding carboxylic acids is 2. The van der Waals surface area contributed by atoms with Gasteiger partial charge in [0.25, 0.3) is 0 Å². The van der Waals surface area contributed by atoms with Gasteiger partial charge in [-0.25, -0.2) is 0 Å². The minimum absolute atomic E-state index is 0.00737. The van der Waals surface area contributed by atoms with Gasteiger partial charge in [0.2, 0.25) is 0 Å². The van der Waals surface area contributed by atoms with Gasteiger partial charge in [0.05, 0.1) is 0 Å². The molecule has 0 N–H and O–H groups in total. The van der Waals surface area contributed by atoms with E-state index in [-0.39, 0.29) is 40.6 Å². The van der Waals surface area contributed by atoms with Crippen LogP contribution in [0.15, 0.2) is 76.1 Å². The third-order valence-corrected chi connectivity index (χ3v) is 17.0. The summed E-state index contributed by atoms with van der Waals surface area (Å²) in [5.74, 6) is -0.191. The Balaban J connectivity index is 1.45. The molecule has 2 aromatic heterocycles. The number of Topliss-reactive ketones (excluding diaryl/α,β-unsaturated/α-hetero) is 2. The second-order valence-electron chi connectivity index (χ2n) is 10.3. The van der Waals surface area contributed by atoms with E-state index in [1.165, 1.54) is 53.7 Å². The summed E-state index contributed by atoms with van der Waals surface area (Å²) in [5, 5.41) is 3.14. The Kier molecular flexibility index (Phi) is 7.19. The molecule has 0 fully saturated rings. The van der Waals surface area contributed by atoms with Gasteiger partial charge in [-0.1, -0.05) is 0 Å². The third kappa shape index (κ3) is 4.15. The molecule has 4 aromatic rings. The van der Waals surface area contributed by atoms with E-state index in [1.807, 2.05) is 16.0 Å².